The number of fused-ring (bicyclic) bond motifs is 6. The molecule has 2 aliphatic heterocycles. The van der Waals surface area contributed by atoms with E-state index in [-0.39, 0.29) is 5.41 Å². The zero-order valence-corrected chi connectivity index (χ0v) is 17.7. The minimum atomic E-state index is 0.237. The lowest BCUT2D eigenvalue weighted by Crippen LogP contribution is -2.45. The monoisotopic (exact) mass is 380 g/mol. The van der Waals surface area contributed by atoms with Crippen LogP contribution in [0.2, 0.25) is 5.15 Å². The number of rotatable bonds is 3. The third-order valence-electron chi connectivity index (χ3n) is 6.48. The lowest BCUT2D eigenvalue weighted by molar-refractivity contribution is 0.194. The molecule has 0 bridgehead atoms. The zero-order chi connectivity index (χ0) is 19.5. The molecule has 1 fully saturated rings. The van der Waals surface area contributed by atoms with Crippen molar-refractivity contribution in [3.63, 3.8) is 0 Å². The van der Waals surface area contributed by atoms with Gasteiger partial charge in [0.15, 0.2) is 0 Å². The molecule has 1 aliphatic carbocycles. The number of hydrogen-bond acceptors (Lipinski definition) is 2. The van der Waals surface area contributed by atoms with Gasteiger partial charge in [-0.25, -0.2) is 4.98 Å². The predicted octanol–water partition coefficient (Wildman–Crippen LogP) is 6.65. The summed E-state index contributed by atoms with van der Waals surface area (Å²) in [4.78, 5) is 7.34. The van der Waals surface area contributed by atoms with Crippen molar-refractivity contribution in [2.45, 2.75) is 65.3 Å². The van der Waals surface area contributed by atoms with Gasteiger partial charge in [0.2, 0.25) is 0 Å². The molecule has 0 saturated heterocycles. The zero-order valence-electron chi connectivity index (χ0n) is 16.9. The normalized spacial score (nSPS) is 25.4. The first-order valence-corrected chi connectivity index (χ1v) is 10.4. The fourth-order valence-corrected chi connectivity index (χ4v) is 5.40. The molecular weight excluding hydrogens is 352 g/mol. The Morgan fingerprint density at radius 2 is 2.15 bits per heavy atom. The Hall–Kier alpha value is -1.80. The second-order valence-electron chi connectivity index (χ2n) is 8.99. The maximum atomic E-state index is 6.58. The lowest BCUT2D eigenvalue weighted by Gasteiger charge is -2.47. The van der Waals surface area contributed by atoms with Gasteiger partial charge in [0.1, 0.15) is 5.15 Å². The highest BCUT2D eigenvalue weighted by Crippen LogP contribution is 2.56. The first-order valence-electron chi connectivity index (χ1n) is 10.0. The maximum absolute atomic E-state index is 6.58. The number of aromatic nitrogens is 1. The third-order valence-corrected chi connectivity index (χ3v) is 6.81. The van der Waals surface area contributed by atoms with Crippen LogP contribution in [0.5, 0.6) is 0 Å². The smallest absolute Gasteiger partial charge is 0.133 e. The summed E-state index contributed by atoms with van der Waals surface area (Å²) in [5, 5.41) is 0.646. The van der Waals surface area contributed by atoms with E-state index in [1.165, 1.54) is 24.0 Å². The van der Waals surface area contributed by atoms with E-state index >= 15 is 0 Å². The summed E-state index contributed by atoms with van der Waals surface area (Å²) >= 11 is 6.58. The van der Waals surface area contributed by atoms with Gasteiger partial charge in [0.25, 0.3) is 0 Å². The van der Waals surface area contributed by atoms with E-state index in [0.29, 0.717) is 17.1 Å². The number of aryl methyl sites for hydroxylation is 1. The van der Waals surface area contributed by atoms with Crippen LogP contribution in [0.3, 0.4) is 0 Å². The Labute approximate surface area is 168 Å². The molecule has 2 atom stereocenters. The number of pyridine rings is 1. The molecule has 1 saturated carbocycles. The van der Waals surface area contributed by atoms with E-state index in [0.717, 1.165) is 41.0 Å². The first kappa shape index (κ1) is 18.6. The van der Waals surface area contributed by atoms with E-state index in [9.17, 15) is 0 Å². The van der Waals surface area contributed by atoms with Crippen LogP contribution in [0.4, 0.5) is 0 Å². The van der Waals surface area contributed by atoms with Gasteiger partial charge in [-0.15, -0.1) is 0 Å². The summed E-state index contributed by atoms with van der Waals surface area (Å²) in [6.45, 7) is 17.5. The van der Waals surface area contributed by atoms with E-state index in [1.54, 1.807) is 0 Å². The van der Waals surface area contributed by atoms with Crippen LogP contribution in [0, 0.1) is 5.41 Å². The van der Waals surface area contributed by atoms with Crippen LogP contribution < -0.4 is 0 Å². The predicted molar refractivity (Wildman–Crippen MR) is 115 cm³/mol. The summed E-state index contributed by atoms with van der Waals surface area (Å²) in [6, 6.07) is 2.77. The summed E-state index contributed by atoms with van der Waals surface area (Å²) in [5.74, 6) is 0.488. The highest BCUT2D eigenvalue weighted by atomic mass is 35.5. The minimum absolute atomic E-state index is 0.237. The van der Waals surface area contributed by atoms with Crippen molar-refractivity contribution in [2.24, 2.45) is 5.41 Å². The van der Waals surface area contributed by atoms with Gasteiger partial charge in [-0.05, 0) is 65.5 Å². The molecule has 0 N–H and O–H groups in total. The molecular formula is C24H29ClN2. The van der Waals surface area contributed by atoms with E-state index < -0.39 is 0 Å². The quantitative estimate of drug-likeness (QED) is 0.546. The van der Waals surface area contributed by atoms with Crippen molar-refractivity contribution in [2.75, 3.05) is 0 Å². The van der Waals surface area contributed by atoms with Gasteiger partial charge < -0.3 is 4.90 Å². The second-order valence-corrected chi connectivity index (χ2v) is 9.35. The van der Waals surface area contributed by atoms with Crippen LogP contribution in [0.1, 0.15) is 69.7 Å². The van der Waals surface area contributed by atoms with Crippen LogP contribution in [-0.4, -0.2) is 15.9 Å². The number of hydrogen-bond donors (Lipinski definition) is 0. The molecule has 0 amide bonds. The van der Waals surface area contributed by atoms with E-state index in [4.69, 9.17) is 16.6 Å². The Bertz CT molecular complexity index is 903. The largest absolute Gasteiger partial charge is 0.341 e. The molecule has 0 aromatic carbocycles. The van der Waals surface area contributed by atoms with Gasteiger partial charge in [0.05, 0.1) is 11.4 Å². The Morgan fingerprint density at radius 3 is 2.81 bits per heavy atom. The van der Waals surface area contributed by atoms with E-state index in [1.807, 2.05) is 0 Å². The summed E-state index contributed by atoms with van der Waals surface area (Å²) < 4.78 is 0. The molecule has 2 unspecified atom stereocenters. The lowest BCUT2D eigenvalue weighted by atomic mass is 9.76. The van der Waals surface area contributed by atoms with Gasteiger partial charge in [-0.2, -0.15) is 0 Å². The summed E-state index contributed by atoms with van der Waals surface area (Å²) in [5.41, 5.74) is 8.17. The van der Waals surface area contributed by atoms with Crippen molar-refractivity contribution in [1.82, 2.24) is 9.88 Å². The minimum Gasteiger partial charge on any atom is -0.341 e. The topological polar surface area (TPSA) is 16.1 Å². The molecule has 142 valence electrons. The summed E-state index contributed by atoms with van der Waals surface area (Å²) in [7, 11) is 0. The maximum Gasteiger partial charge on any atom is 0.133 e. The van der Waals surface area contributed by atoms with Crippen molar-refractivity contribution in [3.05, 3.63) is 70.2 Å². The molecule has 0 radical (unpaired) electrons. The van der Waals surface area contributed by atoms with Crippen molar-refractivity contribution < 1.29 is 0 Å². The summed E-state index contributed by atoms with van der Waals surface area (Å²) in [6.07, 6.45) is 8.90. The standard InChI is InChI=1S/C24H29ClN2/c1-7-8-16-12-18-17-9-10-24(5,6)22(17)27-13-19(14(2)3)15(4)11-20(27)21(18)26-23(16)25/h11-13,17,22H,2,4,7-10H2,1,3,5-6H3. The van der Waals surface area contributed by atoms with Gasteiger partial charge in [0, 0.05) is 18.2 Å². The average molecular weight is 381 g/mol. The second kappa shape index (κ2) is 6.38. The molecule has 27 heavy (non-hydrogen) atoms. The molecule has 0 spiro atoms. The Balaban J connectivity index is 1.94. The van der Waals surface area contributed by atoms with Crippen LogP contribution in [0.25, 0.3) is 5.70 Å². The third kappa shape index (κ3) is 2.81. The Kier molecular flexibility index (Phi) is 4.38. The van der Waals surface area contributed by atoms with Crippen molar-refractivity contribution in [3.8, 4) is 0 Å². The van der Waals surface area contributed by atoms with E-state index in [2.05, 4.69) is 64.1 Å². The fraction of sp³-hybridized carbons (Fsp3) is 0.458. The number of allylic oxidation sites excluding steroid dienone is 4. The highest BCUT2D eigenvalue weighted by Gasteiger charge is 2.50. The van der Waals surface area contributed by atoms with Gasteiger partial charge in [-0.3, -0.25) is 0 Å². The molecule has 1 aromatic rings. The van der Waals surface area contributed by atoms with Crippen molar-refractivity contribution >= 4 is 17.3 Å². The molecule has 3 heteroatoms. The molecule has 3 aliphatic rings. The first-order chi connectivity index (χ1) is 12.7. The highest BCUT2D eigenvalue weighted by molar-refractivity contribution is 6.30. The molecule has 4 rings (SSSR count). The Morgan fingerprint density at radius 1 is 1.41 bits per heavy atom. The number of halogens is 1. The fourth-order valence-electron chi connectivity index (χ4n) is 5.17. The molecule has 3 heterocycles. The van der Waals surface area contributed by atoms with Crippen LogP contribution in [0.15, 0.2) is 48.2 Å². The molecule has 2 nitrogen and oxygen atoms in total. The average Bonchev–Trinajstić information content (AvgIpc) is 2.91. The van der Waals surface area contributed by atoms with Crippen molar-refractivity contribution in [1.29, 1.82) is 0 Å². The molecule has 1 aromatic heterocycles. The van der Waals surface area contributed by atoms with Crippen LogP contribution >= 0.6 is 11.6 Å². The van der Waals surface area contributed by atoms with Crippen LogP contribution in [-0.2, 0) is 6.42 Å². The number of nitrogens with zero attached hydrogens (tertiary/aromatic N) is 2. The SMILES string of the molecule is C=C(C)C1=CN2C(=CC1=C)c1nc(Cl)c(CCC)cc1C1CCC(C)(C)C12. The van der Waals surface area contributed by atoms with Gasteiger partial charge in [-0.1, -0.05) is 58.0 Å². The van der Waals surface area contributed by atoms with Gasteiger partial charge >= 0.3 is 0 Å².